The number of rotatable bonds is 8. The average Bonchev–Trinajstić information content (AvgIpc) is 2.61. The van der Waals surface area contributed by atoms with E-state index in [1.54, 1.807) is 45.0 Å². The van der Waals surface area contributed by atoms with Gasteiger partial charge in [0.15, 0.2) is 0 Å². The van der Waals surface area contributed by atoms with Crippen LogP contribution in [0.4, 0.5) is 9.59 Å². The monoisotopic (exact) mass is 424 g/mol. The van der Waals surface area contributed by atoms with Crippen molar-refractivity contribution in [2.24, 2.45) is 5.73 Å². The molecule has 160 valence electrons. The van der Waals surface area contributed by atoms with Gasteiger partial charge in [0.2, 0.25) is 11.8 Å². The molecule has 0 heterocycles. The lowest BCUT2D eigenvalue weighted by atomic mass is 10.1. The third kappa shape index (κ3) is 9.84. The van der Waals surface area contributed by atoms with Gasteiger partial charge < -0.3 is 25.8 Å². The molecule has 1 aromatic rings. The summed E-state index contributed by atoms with van der Waals surface area (Å²) in [4.78, 5) is 35.2. The van der Waals surface area contributed by atoms with E-state index in [-0.39, 0.29) is 18.3 Å². The highest BCUT2D eigenvalue weighted by atomic mass is 32.2. The molecule has 0 radical (unpaired) electrons. The summed E-state index contributed by atoms with van der Waals surface area (Å²) in [5, 5.41) is 13.0. The fourth-order valence-corrected chi connectivity index (χ4v) is 2.82. The Morgan fingerprint density at radius 1 is 1.21 bits per heavy atom. The van der Waals surface area contributed by atoms with Crippen molar-refractivity contribution in [2.75, 3.05) is 11.5 Å². The predicted octanol–water partition coefficient (Wildman–Crippen LogP) is 2.37. The molecule has 0 aliphatic heterocycles. The van der Waals surface area contributed by atoms with E-state index < -0.39 is 23.8 Å². The quantitative estimate of drug-likeness (QED) is 0.372. The van der Waals surface area contributed by atoms with Crippen LogP contribution < -0.4 is 16.4 Å². The summed E-state index contributed by atoms with van der Waals surface area (Å²) >= 11 is 1.53. The molecule has 0 bridgehead atoms. The van der Waals surface area contributed by atoms with Crippen LogP contribution in [0.2, 0.25) is 0 Å². The van der Waals surface area contributed by atoms with Crippen molar-refractivity contribution in [3.63, 3.8) is 0 Å². The van der Waals surface area contributed by atoms with E-state index in [4.69, 9.17) is 15.9 Å². The zero-order valence-corrected chi connectivity index (χ0v) is 17.9. The Morgan fingerprint density at radius 2 is 1.83 bits per heavy atom. The smallest absolute Gasteiger partial charge is 0.411 e. The lowest BCUT2D eigenvalue weighted by molar-refractivity contribution is -0.122. The maximum absolute atomic E-state index is 12.5. The first-order chi connectivity index (χ1) is 13.5. The Labute approximate surface area is 174 Å². The molecule has 0 fully saturated rings. The number of nitrogens with two attached hydrogens (primary N) is 1. The van der Waals surface area contributed by atoms with Crippen LogP contribution >= 0.6 is 11.8 Å². The number of nitrogens with one attached hydrogen (secondary N) is 3. The van der Waals surface area contributed by atoms with E-state index in [1.165, 1.54) is 11.8 Å². The minimum atomic E-state index is -1.06. The van der Waals surface area contributed by atoms with E-state index in [9.17, 15) is 14.4 Å². The summed E-state index contributed by atoms with van der Waals surface area (Å²) in [7, 11) is 0. The molecule has 0 unspecified atom stereocenters. The van der Waals surface area contributed by atoms with Gasteiger partial charge in [-0.3, -0.25) is 10.2 Å². The zero-order valence-electron chi connectivity index (χ0n) is 17.0. The number of carbonyl (C=O) groups is 3. The fourth-order valence-electron chi connectivity index (χ4n) is 2.11. The van der Waals surface area contributed by atoms with Gasteiger partial charge >= 0.3 is 12.2 Å². The lowest BCUT2D eigenvalue weighted by Crippen LogP contribution is -2.49. The number of carbonyl (C=O) groups excluding carboxylic acids is 3. The van der Waals surface area contributed by atoms with Crippen molar-refractivity contribution in [3.05, 3.63) is 35.4 Å². The topological polar surface area (TPSA) is 144 Å². The summed E-state index contributed by atoms with van der Waals surface area (Å²) in [5.74, 6) is 0.542. The van der Waals surface area contributed by atoms with Gasteiger partial charge in [-0.2, -0.15) is 11.8 Å². The molecule has 29 heavy (non-hydrogen) atoms. The summed E-state index contributed by atoms with van der Waals surface area (Å²) in [6, 6.07) is 5.80. The Balaban J connectivity index is 2.66. The molecule has 0 saturated carbocycles. The molecule has 1 rings (SSSR count). The second-order valence-electron chi connectivity index (χ2n) is 7.02. The van der Waals surface area contributed by atoms with Gasteiger partial charge in [-0.05, 0) is 44.2 Å². The van der Waals surface area contributed by atoms with Gasteiger partial charge in [-0.25, -0.2) is 9.59 Å². The van der Waals surface area contributed by atoms with Crippen LogP contribution in [0.15, 0.2) is 24.3 Å². The van der Waals surface area contributed by atoms with Crippen LogP contribution in [-0.4, -0.2) is 47.1 Å². The first-order valence-corrected chi connectivity index (χ1v) is 10.2. The molecule has 3 amide bonds. The summed E-state index contributed by atoms with van der Waals surface area (Å²) in [6.07, 6.45) is -1.70. The third-order valence-electron chi connectivity index (χ3n) is 3.38. The average molecular weight is 425 g/mol. The highest BCUT2D eigenvalue weighted by Gasteiger charge is 2.24. The molecule has 0 aliphatic rings. The van der Waals surface area contributed by atoms with Gasteiger partial charge in [0.05, 0.1) is 0 Å². The number of hydrogen-bond acceptors (Lipinski definition) is 7. The second kappa shape index (κ2) is 11.3. The van der Waals surface area contributed by atoms with Crippen LogP contribution in [0.3, 0.4) is 0 Å². The maximum Gasteiger partial charge on any atom is 0.411 e. The standard InChI is InChI=1S/C19H28N4O5S/c1-5-29-11-14(23-18(26)28-19(2,3)4)16(24)22-10-12-6-8-13(9-7-12)15(20)27-17(21)25/h6-9,14,20H,5,10-11H2,1-4H3,(H2,21,25)(H,22,24)(H,23,26)/t14-/m0/s1. The van der Waals surface area contributed by atoms with Crippen molar-refractivity contribution in [1.82, 2.24) is 10.6 Å². The second-order valence-corrected chi connectivity index (χ2v) is 8.34. The van der Waals surface area contributed by atoms with E-state index in [1.807, 2.05) is 6.92 Å². The zero-order chi connectivity index (χ0) is 22.0. The molecule has 1 atom stereocenters. The number of primary amides is 1. The van der Waals surface area contributed by atoms with Gasteiger partial charge in [-0.15, -0.1) is 0 Å². The summed E-state index contributed by atoms with van der Waals surface area (Å²) < 4.78 is 9.73. The van der Waals surface area contributed by atoms with Gasteiger partial charge in [-0.1, -0.05) is 19.1 Å². The molecular weight excluding hydrogens is 396 g/mol. The predicted molar refractivity (Wildman–Crippen MR) is 112 cm³/mol. The highest BCUT2D eigenvalue weighted by molar-refractivity contribution is 7.99. The van der Waals surface area contributed by atoms with E-state index in [2.05, 4.69) is 15.4 Å². The number of thioether (sulfide) groups is 1. The van der Waals surface area contributed by atoms with Crippen LogP contribution in [0.1, 0.15) is 38.8 Å². The summed E-state index contributed by atoms with van der Waals surface area (Å²) in [6.45, 7) is 7.45. The van der Waals surface area contributed by atoms with Crippen molar-refractivity contribution >= 4 is 35.8 Å². The maximum atomic E-state index is 12.5. The number of benzene rings is 1. The minimum absolute atomic E-state index is 0.229. The molecule has 5 N–H and O–H groups in total. The van der Waals surface area contributed by atoms with E-state index >= 15 is 0 Å². The number of amides is 3. The molecule has 1 aromatic carbocycles. The van der Waals surface area contributed by atoms with Crippen molar-refractivity contribution < 1.29 is 23.9 Å². The van der Waals surface area contributed by atoms with E-state index in [0.717, 1.165) is 11.3 Å². The van der Waals surface area contributed by atoms with Crippen molar-refractivity contribution in [1.29, 1.82) is 5.41 Å². The number of hydrogen-bond donors (Lipinski definition) is 4. The number of ether oxygens (including phenoxy) is 2. The first-order valence-electron chi connectivity index (χ1n) is 9.02. The van der Waals surface area contributed by atoms with Crippen LogP contribution in [0, 0.1) is 5.41 Å². The molecule has 0 aromatic heterocycles. The normalized spacial score (nSPS) is 11.9. The molecule has 0 aliphatic carbocycles. The lowest BCUT2D eigenvalue weighted by Gasteiger charge is -2.23. The molecule has 9 nitrogen and oxygen atoms in total. The molecule has 0 spiro atoms. The van der Waals surface area contributed by atoms with Gasteiger partial charge in [0.1, 0.15) is 11.6 Å². The Kier molecular flexibility index (Phi) is 9.46. The summed E-state index contributed by atoms with van der Waals surface area (Å²) in [5.41, 5.74) is 5.38. The minimum Gasteiger partial charge on any atom is -0.444 e. The largest absolute Gasteiger partial charge is 0.444 e. The SMILES string of the molecule is CCSC[C@H](NC(=O)OC(C)(C)C)C(=O)NCc1ccc(C(=N)OC(N)=O)cc1. The van der Waals surface area contributed by atoms with Crippen LogP contribution in [0.25, 0.3) is 0 Å². The first kappa shape index (κ1) is 24.3. The van der Waals surface area contributed by atoms with Gasteiger partial charge in [0, 0.05) is 17.9 Å². The Bertz CT molecular complexity index is 731. The molecule has 10 heteroatoms. The fraction of sp³-hybridized carbons (Fsp3) is 0.474. The third-order valence-corrected chi connectivity index (χ3v) is 4.36. The van der Waals surface area contributed by atoms with Crippen LogP contribution in [-0.2, 0) is 20.8 Å². The molecular formula is C19H28N4O5S. The van der Waals surface area contributed by atoms with Crippen molar-refractivity contribution in [3.8, 4) is 0 Å². The Hall–Kier alpha value is -2.75. The van der Waals surface area contributed by atoms with Gasteiger partial charge in [0.25, 0.3) is 0 Å². The molecule has 0 saturated heterocycles. The van der Waals surface area contributed by atoms with Crippen LogP contribution in [0.5, 0.6) is 0 Å². The highest BCUT2D eigenvalue weighted by Crippen LogP contribution is 2.09. The number of alkyl carbamates (subject to hydrolysis) is 1. The van der Waals surface area contributed by atoms with Crippen molar-refractivity contribution in [2.45, 2.75) is 45.9 Å². The Morgan fingerprint density at radius 3 is 2.34 bits per heavy atom. The van der Waals surface area contributed by atoms with E-state index in [0.29, 0.717) is 11.3 Å².